The van der Waals surface area contributed by atoms with Crippen LogP contribution in [0.4, 0.5) is 5.82 Å². The zero-order valence-corrected chi connectivity index (χ0v) is 12.8. The molecule has 2 heterocycles. The van der Waals surface area contributed by atoms with Crippen LogP contribution < -0.4 is 5.32 Å². The number of benzene rings is 1. The average molecular weight is 295 g/mol. The van der Waals surface area contributed by atoms with Crippen molar-refractivity contribution in [3.8, 4) is 0 Å². The molecule has 22 heavy (non-hydrogen) atoms. The molecule has 0 unspecified atom stereocenters. The number of aromatic nitrogens is 1. The Morgan fingerprint density at radius 2 is 2.09 bits per heavy atom. The first-order valence-electron chi connectivity index (χ1n) is 7.76. The van der Waals surface area contributed by atoms with Gasteiger partial charge in [-0.05, 0) is 42.7 Å². The molecule has 1 fully saturated rings. The van der Waals surface area contributed by atoms with E-state index >= 15 is 0 Å². The Morgan fingerprint density at radius 3 is 2.86 bits per heavy atom. The Kier molecular flexibility index (Phi) is 4.37. The Labute approximate surface area is 131 Å². The fourth-order valence-electron chi connectivity index (χ4n) is 3.03. The molecule has 1 amide bonds. The van der Waals surface area contributed by atoms with Crippen molar-refractivity contribution < 1.29 is 4.79 Å². The van der Waals surface area contributed by atoms with Gasteiger partial charge in [0.05, 0.1) is 0 Å². The predicted octanol–water partition coefficient (Wildman–Crippen LogP) is 3.14. The first-order chi connectivity index (χ1) is 10.8. The fraction of sp³-hybridized carbons (Fsp3) is 0.333. The van der Waals surface area contributed by atoms with Crippen molar-refractivity contribution in [2.45, 2.75) is 18.8 Å². The monoisotopic (exact) mass is 295 g/mol. The molecule has 2 aromatic rings. The molecule has 0 saturated carbocycles. The minimum Gasteiger partial charge on any atom is -0.373 e. The summed E-state index contributed by atoms with van der Waals surface area (Å²) in [5, 5.41) is 3.07. The number of rotatable bonds is 3. The second-order valence-electron chi connectivity index (χ2n) is 5.68. The molecule has 3 rings (SSSR count). The molecule has 1 N–H and O–H groups in total. The summed E-state index contributed by atoms with van der Waals surface area (Å²) in [5.74, 6) is 1.40. The van der Waals surface area contributed by atoms with Crippen LogP contribution in [0.3, 0.4) is 0 Å². The molecule has 1 aromatic carbocycles. The van der Waals surface area contributed by atoms with Crippen molar-refractivity contribution in [3.63, 3.8) is 0 Å². The molecule has 1 aliphatic rings. The Bertz CT molecular complexity index is 642. The topological polar surface area (TPSA) is 45.2 Å². The number of piperidine rings is 1. The maximum atomic E-state index is 12.6. The Morgan fingerprint density at radius 1 is 1.27 bits per heavy atom. The van der Waals surface area contributed by atoms with Gasteiger partial charge in [-0.3, -0.25) is 4.79 Å². The van der Waals surface area contributed by atoms with E-state index in [0.29, 0.717) is 5.92 Å². The van der Waals surface area contributed by atoms with Gasteiger partial charge in [0.25, 0.3) is 5.91 Å². The van der Waals surface area contributed by atoms with Gasteiger partial charge in [0, 0.05) is 37.8 Å². The predicted molar refractivity (Wildman–Crippen MR) is 88.1 cm³/mol. The van der Waals surface area contributed by atoms with Crippen molar-refractivity contribution in [1.29, 1.82) is 0 Å². The highest BCUT2D eigenvalue weighted by Crippen LogP contribution is 2.28. The molecule has 0 spiro atoms. The van der Waals surface area contributed by atoms with Crippen LogP contribution in [-0.4, -0.2) is 35.9 Å². The molecule has 114 valence electrons. The average Bonchev–Trinajstić information content (AvgIpc) is 2.62. The Hall–Kier alpha value is -2.36. The minimum absolute atomic E-state index is 0.133. The van der Waals surface area contributed by atoms with E-state index in [1.54, 1.807) is 0 Å². The van der Waals surface area contributed by atoms with Crippen molar-refractivity contribution >= 4 is 11.7 Å². The number of nitrogens with one attached hydrogen (secondary N) is 1. The molecule has 1 aliphatic heterocycles. The first kappa shape index (κ1) is 14.6. The second kappa shape index (κ2) is 6.60. The van der Waals surface area contributed by atoms with Gasteiger partial charge in [0.15, 0.2) is 0 Å². The van der Waals surface area contributed by atoms with Gasteiger partial charge in [-0.1, -0.05) is 18.2 Å². The van der Waals surface area contributed by atoms with E-state index < -0.39 is 0 Å². The van der Waals surface area contributed by atoms with Gasteiger partial charge in [-0.2, -0.15) is 0 Å². The highest BCUT2D eigenvalue weighted by molar-refractivity contribution is 5.94. The zero-order valence-electron chi connectivity index (χ0n) is 12.8. The number of carbonyl (C=O) groups excluding carboxylic acids is 1. The standard InChI is InChI=1S/C18H21N3O/c1-19-17-12-15(9-10-20-17)16-8-5-11-21(13-16)18(22)14-6-3-2-4-7-14/h2-4,6-7,9-10,12,16H,5,8,11,13H2,1H3,(H,19,20)/t16-/m1/s1. The summed E-state index contributed by atoms with van der Waals surface area (Å²) in [6.45, 7) is 1.62. The first-order valence-corrected chi connectivity index (χ1v) is 7.76. The van der Waals surface area contributed by atoms with Crippen LogP contribution in [-0.2, 0) is 0 Å². The van der Waals surface area contributed by atoms with Gasteiger partial charge < -0.3 is 10.2 Å². The van der Waals surface area contributed by atoms with Crippen LogP contribution in [0.15, 0.2) is 48.7 Å². The maximum Gasteiger partial charge on any atom is 0.253 e. The zero-order chi connectivity index (χ0) is 15.4. The van der Waals surface area contributed by atoms with Crippen molar-refractivity contribution in [1.82, 2.24) is 9.88 Å². The lowest BCUT2D eigenvalue weighted by atomic mass is 9.91. The molecule has 1 aromatic heterocycles. The molecular weight excluding hydrogens is 274 g/mol. The van der Waals surface area contributed by atoms with Crippen LogP contribution in [0.5, 0.6) is 0 Å². The van der Waals surface area contributed by atoms with Crippen molar-refractivity contribution in [2.24, 2.45) is 0 Å². The fourth-order valence-corrected chi connectivity index (χ4v) is 3.03. The van der Waals surface area contributed by atoms with Crippen molar-refractivity contribution in [2.75, 3.05) is 25.5 Å². The normalized spacial score (nSPS) is 18.0. The summed E-state index contributed by atoms with van der Waals surface area (Å²) in [5.41, 5.74) is 2.03. The van der Waals surface area contributed by atoms with Gasteiger partial charge in [0.2, 0.25) is 0 Å². The van der Waals surface area contributed by atoms with Crippen LogP contribution in [0.1, 0.15) is 34.7 Å². The summed E-state index contributed by atoms with van der Waals surface area (Å²) < 4.78 is 0. The van der Waals surface area contributed by atoms with Crippen LogP contribution in [0.25, 0.3) is 0 Å². The summed E-state index contributed by atoms with van der Waals surface area (Å²) >= 11 is 0. The number of hydrogen-bond donors (Lipinski definition) is 1. The third-order valence-electron chi connectivity index (χ3n) is 4.24. The summed E-state index contributed by atoms with van der Waals surface area (Å²) in [6.07, 6.45) is 3.99. The highest BCUT2D eigenvalue weighted by atomic mass is 16.2. The summed E-state index contributed by atoms with van der Waals surface area (Å²) in [7, 11) is 1.87. The third kappa shape index (κ3) is 3.11. The summed E-state index contributed by atoms with van der Waals surface area (Å²) in [6, 6.07) is 13.7. The molecule has 1 saturated heterocycles. The lowest BCUT2D eigenvalue weighted by Crippen LogP contribution is -2.39. The maximum absolute atomic E-state index is 12.6. The second-order valence-corrected chi connectivity index (χ2v) is 5.68. The summed E-state index contributed by atoms with van der Waals surface area (Å²) in [4.78, 5) is 18.8. The number of anilines is 1. The smallest absolute Gasteiger partial charge is 0.253 e. The van der Waals surface area contributed by atoms with Gasteiger partial charge >= 0.3 is 0 Å². The molecule has 0 bridgehead atoms. The number of likely N-dealkylation sites (tertiary alicyclic amines) is 1. The van der Waals surface area contributed by atoms with Gasteiger partial charge in [0.1, 0.15) is 5.82 Å². The third-order valence-corrected chi connectivity index (χ3v) is 4.24. The molecular formula is C18H21N3O. The number of amides is 1. The van der Waals surface area contributed by atoms with Gasteiger partial charge in [-0.15, -0.1) is 0 Å². The lowest BCUT2D eigenvalue weighted by Gasteiger charge is -2.33. The highest BCUT2D eigenvalue weighted by Gasteiger charge is 2.25. The SMILES string of the molecule is CNc1cc([C@@H]2CCCN(C(=O)c3ccccc3)C2)ccn1. The quantitative estimate of drug-likeness (QED) is 0.946. The van der Waals surface area contributed by atoms with E-state index in [-0.39, 0.29) is 5.91 Å². The molecule has 0 radical (unpaired) electrons. The molecule has 0 aliphatic carbocycles. The van der Waals surface area contributed by atoms with E-state index in [9.17, 15) is 4.79 Å². The van der Waals surface area contributed by atoms with Crippen LogP contribution in [0, 0.1) is 0 Å². The number of pyridine rings is 1. The van der Waals surface area contributed by atoms with E-state index in [1.807, 2.05) is 48.5 Å². The van der Waals surface area contributed by atoms with E-state index in [0.717, 1.165) is 37.3 Å². The number of carbonyl (C=O) groups is 1. The lowest BCUT2D eigenvalue weighted by molar-refractivity contribution is 0.0707. The molecule has 1 atom stereocenters. The largest absolute Gasteiger partial charge is 0.373 e. The van der Waals surface area contributed by atoms with E-state index in [4.69, 9.17) is 0 Å². The molecule has 4 heteroatoms. The van der Waals surface area contributed by atoms with E-state index in [1.165, 1.54) is 5.56 Å². The van der Waals surface area contributed by atoms with Crippen molar-refractivity contribution in [3.05, 3.63) is 59.8 Å². The minimum atomic E-state index is 0.133. The number of nitrogens with zero attached hydrogens (tertiary/aromatic N) is 2. The Balaban J connectivity index is 1.75. The van der Waals surface area contributed by atoms with Gasteiger partial charge in [-0.25, -0.2) is 4.98 Å². The van der Waals surface area contributed by atoms with Crippen LogP contribution >= 0.6 is 0 Å². The molecule has 4 nitrogen and oxygen atoms in total. The number of hydrogen-bond acceptors (Lipinski definition) is 3. The van der Waals surface area contributed by atoms with Crippen LogP contribution in [0.2, 0.25) is 0 Å². The van der Waals surface area contributed by atoms with E-state index in [2.05, 4.69) is 22.4 Å².